The maximum absolute atomic E-state index is 12.7. The van der Waals surface area contributed by atoms with Gasteiger partial charge in [0.15, 0.2) is 6.10 Å². The maximum atomic E-state index is 12.7. The number of piperidine rings is 1. The number of nitrogens with zero attached hydrogens (tertiary/aromatic N) is 2. The minimum atomic E-state index is -0.695. The van der Waals surface area contributed by atoms with Gasteiger partial charge in [-0.15, -0.1) is 0 Å². The number of carbonyl (C=O) groups excluding carboxylic acids is 3. The van der Waals surface area contributed by atoms with Crippen molar-refractivity contribution in [1.29, 1.82) is 0 Å². The smallest absolute Gasteiger partial charge is 0.309 e. The zero-order valence-electron chi connectivity index (χ0n) is 18.7. The van der Waals surface area contributed by atoms with Crippen molar-refractivity contribution < 1.29 is 23.9 Å². The fourth-order valence-electron chi connectivity index (χ4n) is 3.52. The predicted octanol–water partition coefficient (Wildman–Crippen LogP) is 2.84. The van der Waals surface area contributed by atoms with Gasteiger partial charge in [-0.1, -0.05) is 26.0 Å². The zero-order chi connectivity index (χ0) is 22.3. The summed E-state index contributed by atoms with van der Waals surface area (Å²) < 4.78 is 10.9. The van der Waals surface area contributed by atoms with Gasteiger partial charge in [-0.25, -0.2) is 0 Å². The number of esters is 1. The van der Waals surface area contributed by atoms with E-state index < -0.39 is 6.10 Å². The average Bonchev–Trinajstić information content (AvgIpc) is 2.73. The standard InChI is InChI=1S/C23H34N2O5/c1-6-29-23(28)18-10-12-25(13-11-18)21(26)15-24(5)22(27)17(4)30-20-9-7-8-19(14-20)16(2)3/h7-9,14,16-18H,6,10-13,15H2,1-5H3. The van der Waals surface area contributed by atoms with Crippen LogP contribution in [-0.2, 0) is 19.1 Å². The van der Waals surface area contributed by atoms with Crippen molar-refractivity contribution in [3.8, 4) is 5.75 Å². The first kappa shape index (κ1) is 23.7. The van der Waals surface area contributed by atoms with E-state index >= 15 is 0 Å². The SMILES string of the molecule is CCOC(=O)C1CCN(C(=O)CN(C)C(=O)C(C)Oc2cccc(C(C)C)c2)CC1. The van der Waals surface area contributed by atoms with Crippen LogP contribution in [0.5, 0.6) is 5.75 Å². The second-order valence-corrected chi connectivity index (χ2v) is 8.09. The fourth-order valence-corrected chi connectivity index (χ4v) is 3.52. The molecule has 0 radical (unpaired) electrons. The van der Waals surface area contributed by atoms with Gasteiger partial charge >= 0.3 is 5.97 Å². The molecule has 166 valence electrons. The monoisotopic (exact) mass is 418 g/mol. The summed E-state index contributed by atoms with van der Waals surface area (Å²) in [6.45, 7) is 9.03. The van der Waals surface area contributed by atoms with Crippen molar-refractivity contribution in [3.05, 3.63) is 29.8 Å². The number of rotatable bonds is 8. The van der Waals surface area contributed by atoms with E-state index in [4.69, 9.17) is 9.47 Å². The van der Waals surface area contributed by atoms with Crippen LogP contribution in [0.1, 0.15) is 52.0 Å². The number of amides is 2. The van der Waals surface area contributed by atoms with Crippen LogP contribution in [0.4, 0.5) is 0 Å². The lowest BCUT2D eigenvalue weighted by Gasteiger charge is -2.32. The number of hydrogen-bond donors (Lipinski definition) is 0. The van der Waals surface area contributed by atoms with E-state index in [1.807, 2.05) is 24.3 Å². The summed E-state index contributed by atoms with van der Waals surface area (Å²) in [4.78, 5) is 40.2. The van der Waals surface area contributed by atoms with Crippen LogP contribution < -0.4 is 4.74 Å². The normalized spacial score (nSPS) is 15.6. The Morgan fingerprint density at radius 1 is 1.17 bits per heavy atom. The van der Waals surface area contributed by atoms with Gasteiger partial charge < -0.3 is 19.3 Å². The van der Waals surface area contributed by atoms with Crippen molar-refractivity contribution >= 4 is 17.8 Å². The third-order valence-electron chi connectivity index (χ3n) is 5.40. The summed E-state index contributed by atoms with van der Waals surface area (Å²) in [7, 11) is 1.61. The Labute approximate surface area is 179 Å². The minimum absolute atomic E-state index is 0.0113. The fraction of sp³-hybridized carbons (Fsp3) is 0.609. The number of hydrogen-bond acceptors (Lipinski definition) is 5. The number of likely N-dealkylation sites (N-methyl/N-ethyl adjacent to an activating group) is 1. The molecule has 0 saturated carbocycles. The molecular formula is C23H34N2O5. The number of carbonyl (C=O) groups is 3. The molecule has 1 saturated heterocycles. The molecule has 1 unspecified atom stereocenters. The number of benzene rings is 1. The Balaban J connectivity index is 1.84. The van der Waals surface area contributed by atoms with Crippen LogP contribution in [0.25, 0.3) is 0 Å². The van der Waals surface area contributed by atoms with Crippen LogP contribution in [-0.4, -0.2) is 67.0 Å². The molecule has 1 aromatic carbocycles. The van der Waals surface area contributed by atoms with Crippen LogP contribution in [0.15, 0.2) is 24.3 Å². The van der Waals surface area contributed by atoms with Gasteiger partial charge in [0.05, 0.1) is 19.1 Å². The average molecular weight is 419 g/mol. The summed E-state index contributed by atoms with van der Waals surface area (Å²) in [5.74, 6) is 0.297. The lowest BCUT2D eigenvalue weighted by molar-refractivity contribution is -0.151. The van der Waals surface area contributed by atoms with Gasteiger partial charge in [0, 0.05) is 20.1 Å². The molecule has 1 fully saturated rings. The molecule has 0 aliphatic carbocycles. The topological polar surface area (TPSA) is 76.2 Å². The van der Waals surface area contributed by atoms with E-state index in [9.17, 15) is 14.4 Å². The summed E-state index contributed by atoms with van der Waals surface area (Å²) in [5, 5.41) is 0. The molecule has 1 atom stereocenters. The molecule has 2 amide bonds. The molecule has 2 rings (SSSR count). The van der Waals surface area contributed by atoms with E-state index in [1.54, 1.807) is 25.8 Å². The van der Waals surface area contributed by atoms with Crippen molar-refractivity contribution in [2.75, 3.05) is 33.3 Å². The minimum Gasteiger partial charge on any atom is -0.481 e. The molecule has 0 spiro atoms. The molecule has 1 aliphatic rings. The first-order chi connectivity index (χ1) is 14.2. The van der Waals surface area contributed by atoms with E-state index in [-0.39, 0.29) is 30.2 Å². The van der Waals surface area contributed by atoms with E-state index in [2.05, 4.69) is 13.8 Å². The highest BCUT2D eigenvalue weighted by atomic mass is 16.5. The van der Waals surface area contributed by atoms with Crippen LogP contribution in [0.2, 0.25) is 0 Å². The molecule has 30 heavy (non-hydrogen) atoms. The first-order valence-electron chi connectivity index (χ1n) is 10.7. The van der Waals surface area contributed by atoms with Gasteiger partial charge in [0.1, 0.15) is 5.75 Å². The van der Waals surface area contributed by atoms with Gasteiger partial charge in [0.2, 0.25) is 5.91 Å². The molecule has 1 aromatic rings. The van der Waals surface area contributed by atoms with E-state index in [0.29, 0.717) is 44.2 Å². The second kappa shape index (κ2) is 11.0. The Hall–Kier alpha value is -2.57. The summed E-state index contributed by atoms with van der Waals surface area (Å²) >= 11 is 0. The molecule has 0 bridgehead atoms. The Morgan fingerprint density at radius 3 is 2.43 bits per heavy atom. The summed E-state index contributed by atoms with van der Waals surface area (Å²) in [6.07, 6.45) is 0.488. The first-order valence-corrected chi connectivity index (χ1v) is 10.7. The van der Waals surface area contributed by atoms with Gasteiger partial charge in [-0.05, 0) is 50.3 Å². The number of likely N-dealkylation sites (tertiary alicyclic amines) is 1. The van der Waals surface area contributed by atoms with Gasteiger partial charge in [-0.2, -0.15) is 0 Å². The zero-order valence-corrected chi connectivity index (χ0v) is 18.7. The lowest BCUT2D eigenvalue weighted by Crippen LogP contribution is -2.47. The summed E-state index contributed by atoms with van der Waals surface area (Å²) in [6, 6.07) is 7.71. The molecule has 7 nitrogen and oxygen atoms in total. The highest BCUT2D eigenvalue weighted by Crippen LogP contribution is 2.22. The summed E-state index contributed by atoms with van der Waals surface area (Å²) in [5.41, 5.74) is 1.14. The van der Waals surface area contributed by atoms with Crippen LogP contribution >= 0.6 is 0 Å². The lowest BCUT2D eigenvalue weighted by atomic mass is 9.97. The van der Waals surface area contributed by atoms with E-state index in [0.717, 1.165) is 5.56 Å². The highest BCUT2D eigenvalue weighted by Gasteiger charge is 2.29. The van der Waals surface area contributed by atoms with Gasteiger partial charge in [-0.3, -0.25) is 14.4 Å². The Kier molecular flexibility index (Phi) is 8.69. The maximum Gasteiger partial charge on any atom is 0.309 e. The van der Waals surface area contributed by atoms with Crippen molar-refractivity contribution in [2.45, 2.75) is 52.6 Å². The third kappa shape index (κ3) is 6.47. The molecule has 0 N–H and O–H groups in total. The Bertz CT molecular complexity index is 741. The Morgan fingerprint density at radius 2 is 1.83 bits per heavy atom. The molecular weight excluding hydrogens is 384 g/mol. The quantitative estimate of drug-likeness (QED) is 0.607. The van der Waals surface area contributed by atoms with Crippen molar-refractivity contribution in [3.63, 3.8) is 0 Å². The van der Waals surface area contributed by atoms with Crippen molar-refractivity contribution in [1.82, 2.24) is 9.80 Å². The largest absolute Gasteiger partial charge is 0.481 e. The van der Waals surface area contributed by atoms with Gasteiger partial charge in [0.25, 0.3) is 5.91 Å². The number of ether oxygens (including phenoxy) is 2. The third-order valence-corrected chi connectivity index (χ3v) is 5.40. The van der Waals surface area contributed by atoms with Crippen molar-refractivity contribution in [2.24, 2.45) is 5.92 Å². The molecule has 1 heterocycles. The predicted molar refractivity (Wildman–Crippen MR) is 114 cm³/mol. The molecule has 0 aromatic heterocycles. The highest BCUT2D eigenvalue weighted by molar-refractivity contribution is 5.87. The van der Waals surface area contributed by atoms with E-state index in [1.165, 1.54) is 4.90 Å². The second-order valence-electron chi connectivity index (χ2n) is 8.09. The van der Waals surface area contributed by atoms with Crippen LogP contribution in [0.3, 0.4) is 0 Å². The molecule has 1 aliphatic heterocycles. The van der Waals surface area contributed by atoms with Crippen LogP contribution in [0, 0.1) is 5.92 Å². The molecule has 7 heteroatoms.